The van der Waals surface area contributed by atoms with Gasteiger partial charge in [-0.2, -0.15) is 0 Å². The molecule has 0 saturated heterocycles. The first kappa shape index (κ1) is 7.43. The number of ether oxygens (including phenoxy) is 2. The van der Waals surface area contributed by atoms with Crippen LogP contribution in [0.3, 0.4) is 0 Å². The van der Waals surface area contributed by atoms with E-state index in [0.29, 0.717) is 6.79 Å². The maximum Gasteiger partial charge on any atom is 0.231 e. The van der Waals surface area contributed by atoms with Gasteiger partial charge >= 0.3 is 0 Å². The van der Waals surface area contributed by atoms with Gasteiger partial charge in [-0.05, 0) is 13.0 Å². The number of benzene rings is 1. The van der Waals surface area contributed by atoms with Gasteiger partial charge in [0.05, 0.1) is 0 Å². The van der Waals surface area contributed by atoms with Gasteiger partial charge in [0.1, 0.15) is 0 Å². The maximum atomic E-state index is 5.75. The molecule has 1 unspecified atom stereocenters. The molecular formula is C9H11NO2. The third kappa shape index (κ3) is 1.02. The Morgan fingerprint density at radius 1 is 1.42 bits per heavy atom. The molecule has 3 heteroatoms. The highest BCUT2D eigenvalue weighted by molar-refractivity contribution is 5.49. The Kier molecular flexibility index (Phi) is 1.66. The topological polar surface area (TPSA) is 44.5 Å². The second-order valence-corrected chi connectivity index (χ2v) is 2.87. The van der Waals surface area contributed by atoms with Crippen LogP contribution in [0.5, 0.6) is 11.5 Å². The van der Waals surface area contributed by atoms with Gasteiger partial charge in [0.25, 0.3) is 0 Å². The lowest BCUT2D eigenvalue weighted by Gasteiger charge is -2.07. The molecule has 1 atom stereocenters. The van der Waals surface area contributed by atoms with E-state index in [0.717, 1.165) is 17.1 Å². The van der Waals surface area contributed by atoms with E-state index in [1.54, 1.807) is 0 Å². The van der Waals surface area contributed by atoms with Gasteiger partial charge in [0, 0.05) is 11.6 Å². The number of fused-ring (bicyclic) bond motifs is 1. The summed E-state index contributed by atoms with van der Waals surface area (Å²) in [7, 11) is 0. The van der Waals surface area contributed by atoms with Crippen molar-refractivity contribution in [1.82, 2.24) is 0 Å². The fourth-order valence-electron chi connectivity index (χ4n) is 1.31. The molecule has 0 fully saturated rings. The number of rotatable bonds is 1. The normalized spacial score (nSPS) is 16.2. The minimum atomic E-state index is -0.0124. The first-order valence-corrected chi connectivity index (χ1v) is 3.93. The van der Waals surface area contributed by atoms with E-state index in [1.165, 1.54) is 0 Å². The highest BCUT2D eigenvalue weighted by atomic mass is 16.7. The van der Waals surface area contributed by atoms with Crippen molar-refractivity contribution in [2.75, 3.05) is 6.79 Å². The first-order valence-electron chi connectivity index (χ1n) is 3.93. The summed E-state index contributed by atoms with van der Waals surface area (Å²) in [5.74, 6) is 1.59. The lowest BCUT2D eigenvalue weighted by molar-refractivity contribution is 0.173. The van der Waals surface area contributed by atoms with E-state index in [4.69, 9.17) is 15.2 Å². The standard InChI is InChI=1S/C9H11NO2/c1-6(10)7-3-2-4-8-9(7)12-5-11-8/h2-4,6H,5,10H2,1H3. The lowest BCUT2D eigenvalue weighted by Crippen LogP contribution is -2.05. The molecular weight excluding hydrogens is 154 g/mol. The average molecular weight is 165 g/mol. The van der Waals surface area contributed by atoms with Crippen LogP contribution in [0, 0.1) is 0 Å². The molecule has 0 saturated carbocycles. The highest BCUT2D eigenvalue weighted by Gasteiger charge is 2.18. The van der Waals surface area contributed by atoms with Crippen LogP contribution in [0.1, 0.15) is 18.5 Å². The summed E-state index contributed by atoms with van der Waals surface area (Å²) >= 11 is 0. The van der Waals surface area contributed by atoms with Gasteiger partial charge in [0.2, 0.25) is 6.79 Å². The van der Waals surface area contributed by atoms with Gasteiger partial charge in [-0.15, -0.1) is 0 Å². The predicted octanol–water partition coefficient (Wildman–Crippen LogP) is 1.44. The molecule has 3 nitrogen and oxygen atoms in total. The van der Waals surface area contributed by atoms with E-state index >= 15 is 0 Å². The van der Waals surface area contributed by atoms with E-state index < -0.39 is 0 Å². The minimum Gasteiger partial charge on any atom is -0.454 e. The van der Waals surface area contributed by atoms with Gasteiger partial charge < -0.3 is 15.2 Å². The maximum absolute atomic E-state index is 5.75. The second-order valence-electron chi connectivity index (χ2n) is 2.87. The van der Waals surface area contributed by atoms with Gasteiger partial charge in [-0.3, -0.25) is 0 Å². The SMILES string of the molecule is CC(N)c1cccc2c1OCO2. The molecule has 1 aliphatic rings. The molecule has 1 aromatic carbocycles. The zero-order chi connectivity index (χ0) is 8.55. The predicted molar refractivity (Wildman–Crippen MR) is 45.2 cm³/mol. The molecule has 1 heterocycles. The molecule has 0 aliphatic carbocycles. The van der Waals surface area contributed by atoms with Crippen LogP contribution >= 0.6 is 0 Å². The molecule has 12 heavy (non-hydrogen) atoms. The van der Waals surface area contributed by atoms with Crippen LogP contribution in [0.2, 0.25) is 0 Å². The van der Waals surface area contributed by atoms with Crippen molar-refractivity contribution in [1.29, 1.82) is 0 Å². The van der Waals surface area contributed by atoms with Crippen molar-refractivity contribution in [3.05, 3.63) is 23.8 Å². The Bertz CT molecular complexity index is 297. The van der Waals surface area contributed by atoms with Crippen LogP contribution in [0.15, 0.2) is 18.2 Å². The summed E-state index contributed by atoms with van der Waals surface area (Å²) in [4.78, 5) is 0. The molecule has 64 valence electrons. The van der Waals surface area contributed by atoms with Crippen LogP contribution in [-0.4, -0.2) is 6.79 Å². The monoisotopic (exact) mass is 165 g/mol. The third-order valence-corrected chi connectivity index (χ3v) is 1.92. The Morgan fingerprint density at radius 2 is 2.25 bits per heavy atom. The Balaban J connectivity index is 2.49. The summed E-state index contributed by atoms with van der Waals surface area (Å²) in [6, 6.07) is 5.75. The summed E-state index contributed by atoms with van der Waals surface area (Å²) in [6.45, 7) is 2.23. The Morgan fingerprint density at radius 3 is 3.00 bits per heavy atom. The smallest absolute Gasteiger partial charge is 0.231 e. The van der Waals surface area contributed by atoms with Crippen LogP contribution < -0.4 is 15.2 Å². The Hall–Kier alpha value is -1.22. The molecule has 0 aromatic heterocycles. The molecule has 1 aromatic rings. The molecule has 1 aliphatic heterocycles. The number of hydrogen-bond acceptors (Lipinski definition) is 3. The fourth-order valence-corrected chi connectivity index (χ4v) is 1.31. The summed E-state index contributed by atoms with van der Waals surface area (Å²) < 4.78 is 10.5. The second kappa shape index (κ2) is 2.68. The third-order valence-electron chi connectivity index (χ3n) is 1.92. The number of para-hydroxylation sites is 1. The Labute approximate surface area is 71.1 Å². The van der Waals surface area contributed by atoms with E-state index in [1.807, 2.05) is 25.1 Å². The molecule has 2 rings (SSSR count). The number of nitrogens with two attached hydrogens (primary N) is 1. The van der Waals surface area contributed by atoms with Gasteiger partial charge in [-0.25, -0.2) is 0 Å². The average Bonchev–Trinajstić information content (AvgIpc) is 2.49. The molecule has 0 bridgehead atoms. The first-order chi connectivity index (χ1) is 5.79. The summed E-state index contributed by atoms with van der Waals surface area (Å²) in [5.41, 5.74) is 6.76. The van der Waals surface area contributed by atoms with Crippen molar-refractivity contribution < 1.29 is 9.47 Å². The van der Waals surface area contributed by atoms with Crippen LogP contribution in [-0.2, 0) is 0 Å². The largest absolute Gasteiger partial charge is 0.454 e. The lowest BCUT2D eigenvalue weighted by atomic mass is 10.1. The van der Waals surface area contributed by atoms with Gasteiger partial charge in [-0.1, -0.05) is 12.1 Å². The zero-order valence-electron chi connectivity index (χ0n) is 6.91. The highest BCUT2D eigenvalue weighted by Crippen LogP contribution is 2.37. The van der Waals surface area contributed by atoms with E-state index in [9.17, 15) is 0 Å². The van der Waals surface area contributed by atoms with E-state index in [2.05, 4.69) is 0 Å². The minimum absolute atomic E-state index is 0.0124. The molecule has 0 radical (unpaired) electrons. The van der Waals surface area contributed by atoms with Crippen molar-refractivity contribution >= 4 is 0 Å². The summed E-state index contributed by atoms with van der Waals surface area (Å²) in [5, 5.41) is 0. The quantitative estimate of drug-likeness (QED) is 0.684. The van der Waals surface area contributed by atoms with E-state index in [-0.39, 0.29) is 6.04 Å². The van der Waals surface area contributed by atoms with Crippen molar-refractivity contribution in [3.8, 4) is 11.5 Å². The zero-order valence-corrected chi connectivity index (χ0v) is 6.91. The molecule has 2 N–H and O–H groups in total. The summed E-state index contributed by atoms with van der Waals surface area (Å²) in [6.07, 6.45) is 0. The van der Waals surface area contributed by atoms with Crippen molar-refractivity contribution in [3.63, 3.8) is 0 Å². The van der Waals surface area contributed by atoms with Crippen LogP contribution in [0.25, 0.3) is 0 Å². The van der Waals surface area contributed by atoms with Crippen molar-refractivity contribution in [2.24, 2.45) is 5.73 Å². The fraction of sp³-hybridized carbons (Fsp3) is 0.333. The molecule has 0 spiro atoms. The van der Waals surface area contributed by atoms with Gasteiger partial charge in [0.15, 0.2) is 11.5 Å². The number of hydrogen-bond donors (Lipinski definition) is 1. The van der Waals surface area contributed by atoms with Crippen LogP contribution in [0.4, 0.5) is 0 Å². The van der Waals surface area contributed by atoms with Crippen molar-refractivity contribution in [2.45, 2.75) is 13.0 Å². The molecule has 0 amide bonds.